The highest BCUT2D eigenvalue weighted by molar-refractivity contribution is 5.94. The van der Waals surface area contributed by atoms with Crippen molar-refractivity contribution in [2.24, 2.45) is 7.05 Å². The first-order valence-electron chi connectivity index (χ1n) is 3.68. The first-order chi connectivity index (χ1) is 5.83. The zero-order chi connectivity index (χ0) is 8.55. The molecule has 0 amide bonds. The fourth-order valence-corrected chi connectivity index (χ4v) is 1.28. The molecule has 0 fully saturated rings. The Bertz CT molecular complexity index is 431. The highest BCUT2D eigenvalue weighted by Crippen LogP contribution is 2.14. The van der Waals surface area contributed by atoms with Crippen molar-refractivity contribution in [1.82, 2.24) is 9.55 Å². The van der Waals surface area contributed by atoms with Gasteiger partial charge in [0.2, 0.25) is 0 Å². The minimum Gasteiger partial charge on any atom is -0.334 e. The molecule has 60 valence electrons. The van der Waals surface area contributed by atoms with Gasteiger partial charge in [0.1, 0.15) is 0 Å². The zero-order valence-corrected chi connectivity index (χ0v) is 6.69. The van der Waals surface area contributed by atoms with E-state index >= 15 is 0 Å². The lowest BCUT2D eigenvalue weighted by Gasteiger charge is -1.94. The maximum Gasteiger partial charge on any atom is 0.152 e. The number of hydrogen-bond acceptors (Lipinski definition) is 2. The summed E-state index contributed by atoms with van der Waals surface area (Å²) >= 11 is 0. The average Bonchev–Trinajstić information content (AvgIpc) is 2.48. The Morgan fingerprint density at radius 2 is 2.33 bits per heavy atom. The van der Waals surface area contributed by atoms with Gasteiger partial charge in [0.05, 0.1) is 17.4 Å². The van der Waals surface area contributed by atoms with Crippen molar-refractivity contribution in [2.75, 3.05) is 0 Å². The van der Waals surface area contributed by atoms with Gasteiger partial charge in [-0.15, -0.1) is 0 Å². The third-order valence-corrected chi connectivity index (χ3v) is 1.91. The van der Waals surface area contributed by atoms with Crippen LogP contribution in [0.15, 0.2) is 24.5 Å². The summed E-state index contributed by atoms with van der Waals surface area (Å²) in [7, 11) is 1.91. The molecule has 0 spiro atoms. The zero-order valence-electron chi connectivity index (χ0n) is 6.69. The molecule has 0 saturated heterocycles. The molecule has 0 aliphatic heterocycles. The van der Waals surface area contributed by atoms with E-state index in [4.69, 9.17) is 0 Å². The average molecular weight is 160 g/mol. The molecule has 0 aliphatic carbocycles. The van der Waals surface area contributed by atoms with Crippen LogP contribution in [0.1, 0.15) is 10.4 Å². The first kappa shape index (κ1) is 7.03. The van der Waals surface area contributed by atoms with Crippen molar-refractivity contribution in [3.05, 3.63) is 30.1 Å². The summed E-state index contributed by atoms with van der Waals surface area (Å²) in [5.41, 5.74) is 2.41. The Morgan fingerprint density at radius 1 is 1.50 bits per heavy atom. The number of nitrogens with zero attached hydrogens (tertiary/aromatic N) is 2. The Balaban J connectivity index is 2.89. The van der Waals surface area contributed by atoms with Crippen molar-refractivity contribution in [3.8, 4) is 0 Å². The lowest BCUT2D eigenvalue weighted by Crippen LogP contribution is -1.85. The number of hydrogen-bond donors (Lipinski definition) is 0. The van der Waals surface area contributed by atoms with Crippen LogP contribution in [-0.2, 0) is 7.05 Å². The van der Waals surface area contributed by atoms with E-state index in [1.54, 1.807) is 12.4 Å². The largest absolute Gasteiger partial charge is 0.334 e. The molecule has 3 heteroatoms. The standard InChI is InChI=1S/C9H8N2O/c1-11-6-10-9-7(5-12)3-2-4-8(9)11/h2-6H,1H3. The summed E-state index contributed by atoms with van der Waals surface area (Å²) < 4.78 is 1.89. The van der Waals surface area contributed by atoms with Crippen molar-refractivity contribution in [1.29, 1.82) is 0 Å². The Kier molecular flexibility index (Phi) is 1.43. The Hall–Kier alpha value is -1.64. The molecular formula is C9H8N2O. The van der Waals surface area contributed by atoms with Gasteiger partial charge in [-0.3, -0.25) is 4.79 Å². The third-order valence-electron chi connectivity index (χ3n) is 1.91. The number of aldehydes is 1. The summed E-state index contributed by atoms with van der Waals surface area (Å²) in [5.74, 6) is 0. The fraction of sp³-hybridized carbons (Fsp3) is 0.111. The third kappa shape index (κ3) is 0.830. The van der Waals surface area contributed by atoms with Crippen molar-refractivity contribution in [2.45, 2.75) is 0 Å². The lowest BCUT2D eigenvalue weighted by molar-refractivity contribution is 0.112. The second-order valence-electron chi connectivity index (χ2n) is 2.69. The first-order valence-corrected chi connectivity index (χ1v) is 3.68. The van der Waals surface area contributed by atoms with Crippen molar-refractivity contribution in [3.63, 3.8) is 0 Å². The minimum atomic E-state index is 0.646. The SMILES string of the molecule is Cn1cnc2c(C=O)cccc21. The maximum atomic E-state index is 10.6. The normalized spacial score (nSPS) is 10.4. The van der Waals surface area contributed by atoms with Crippen LogP contribution in [0, 0.1) is 0 Å². The van der Waals surface area contributed by atoms with E-state index in [0.717, 1.165) is 17.3 Å². The Morgan fingerprint density at radius 3 is 3.08 bits per heavy atom. The van der Waals surface area contributed by atoms with Gasteiger partial charge in [0.15, 0.2) is 6.29 Å². The molecule has 0 N–H and O–H groups in total. The quantitative estimate of drug-likeness (QED) is 0.591. The van der Waals surface area contributed by atoms with E-state index in [2.05, 4.69) is 4.98 Å². The number of imidazole rings is 1. The molecule has 1 aromatic heterocycles. The monoisotopic (exact) mass is 160 g/mol. The summed E-state index contributed by atoms with van der Waals surface area (Å²) in [6.07, 6.45) is 2.53. The molecule has 0 radical (unpaired) electrons. The highest BCUT2D eigenvalue weighted by Gasteiger charge is 2.02. The van der Waals surface area contributed by atoms with Crippen LogP contribution < -0.4 is 0 Å². The number of aromatic nitrogens is 2. The van der Waals surface area contributed by atoms with Crippen molar-refractivity contribution >= 4 is 17.3 Å². The number of carbonyl (C=O) groups is 1. The van der Waals surface area contributed by atoms with Gasteiger partial charge in [-0.05, 0) is 12.1 Å². The summed E-state index contributed by atoms with van der Waals surface area (Å²) in [6, 6.07) is 5.56. The van der Waals surface area contributed by atoms with Crippen LogP contribution in [0.4, 0.5) is 0 Å². The van der Waals surface area contributed by atoms with Gasteiger partial charge in [0, 0.05) is 12.6 Å². The van der Waals surface area contributed by atoms with E-state index in [9.17, 15) is 4.79 Å². The van der Waals surface area contributed by atoms with Crippen LogP contribution in [-0.4, -0.2) is 15.8 Å². The van der Waals surface area contributed by atoms with Gasteiger partial charge in [-0.25, -0.2) is 4.98 Å². The van der Waals surface area contributed by atoms with Gasteiger partial charge < -0.3 is 4.57 Å². The Labute approximate surface area is 69.6 Å². The fourth-order valence-electron chi connectivity index (χ4n) is 1.28. The summed E-state index contributed by atoms with van der Waals surface area (Å²) in [5, 5.41) is 0. The predicted octanol–water partition coefficient (Wildman–Crippen LogP) is 1.39. The van der Waals surface area contributed by atoms with Gasteiger partial charge in [0.25, 0.3) is 0 Å². The molecular weight excluding hydrogens is 152 g/mol. The topological polar surface area (TPSA) is 34.9 Å². The molecule has 0 atom stereocenters. The number of benzene rings is 1. The smallest absolute Gasteiger partial charge is 0.152 e. The maximum absolute atomic E-state index is 10.6. The molecule has 0 aliphatic rings. The van der Waals surface area contributed by atoms with Gasteiger partial charge in [-0.1, -0.05) is 6.07 Å². The molecule has 0 saturated carbocycles. The van der Waals surface area contributed by atoms with E-state index < -0.39 is 0 Å². The van der Waals surface area contributed by atoms with Crippen LogP contribution in [0.25, 0.3) is 11.0 Å². The molecule has 2 aromatic rings. The second kappa shape index (κ2) is 2.44. The second-order valence-corrected chi connectivity index (χ2v) is 2.69. The number of carbonyl (C=O) groups excluding carboxylic acids is 1. The van der Waals surface area contributed by atoms with Crippen LogP contribution in [0.5, 0.6) is 0 Å². The summed E-state index contributed by atoms with van der Waals surface area (Å²) in [4.78, 5) is 14.7. The molecule has 0 unspecified atom stereocenters. The highest BCUT2D eigenvalue weighted by atomic mass is 16.1. The van der Waals surface area contributed by atoms with E-state index in [0.29, 0.717) is 5.56 Å². The van der Waals surface area contributed by atoms with Crippen LogP contribution in [0.2, 0.25) is 0 Å². The minimum absolute atomic E-state index is 0.646. The molecule has 12 heavy (non-hydrogen) atoms. The van der Waals surface area contributed by atoms with Crippen molar-refractivity contribution < 1.29 is 4.79 Å². The summed E-state index contributed by atoms with van der Waals surface area (Å²) in [6.45, 7) is 0. The van der Waals surface area contributed by atoms with E-state index in [-0.39, 0.29) is 0 Å². The number of rotatable bonds is 1. The van der Waals surface area contributed by atoms with E-state index in [1.165, 1.54) is 0 Å². The predicted molar refractivity (Wildman–Crippen MR) is 46.1 cm³/mol. The van der Waals surface area contributed by atoms with Crippen LogP contribution in [0.3, 0.4) is 0 Å². The van der Waals surface area contributed by atoms with E-state index in [1.807, 2.05) is 23.7 Å². The van der Waals surface area contributed by atoms with Gasteiger partial charge in [-0.2, -0.15) is 0 Å². The number of aryl methyl sites for hydroxylation is 1. The molecule has 2 rings (SSSR count). The molecule has 1 aromatic carbocycles. The number of fused-ring (bicyclic) bond motifs is 1. The molecule has 0 bridgehead atoms. The molecule has 1 heterocycles. The van der Waals surface area contributed by atoms with Crippen LogP contribution >= 0.6 is 0 Å². The number of para-hydroxylation sites is 1. The lowest BCUT2D eigenvalue weighted by atomic mass is 10.2. The van der Waals surface area contributed by atoms with Gasteiger partial charge >= 0.3 is 0 Å². The molecule has 3 nitrogen and oxygen atoms in total.